The minimum absolute atomic E-state index is 0.211. The molecule has 0 spiro atoms. The molecule has 2 unspecified atom stereocenters. The maximum atomic E-state index is 9.90. The van der Waals surface area contributed by atoms with Gasteiger partial charge in [-0.3, -0.25) is 0 Å². The maximum Gasteiger partial charge on any atom is 0.0818 e. The molecule has 0 aliphatic rings. The quantitative estimate of drug-likeness (QED) is 0.666. The third kappa shape index (κ3) is 5.82. The van der Waals surface area contributed by atoms with Crippen LogP contribution in [0.3, 0.4) is 0 Å². The Labute approximate surface area is 104 Å². The van der Waals surface area contributed by atoms with E-state index in [9.17, 15) is 5.11 Å². The predicted molar refractivity (Wildman–Crippen MR) is 71.8 cm³/mol. The number of nitrogens with one attached hydrogen (secondary N) is 1. The van der Waals surface area contributed by atoms with Crippen molar-refractivity contribution in [2.24, 2.45) is 11.7 Å². The molecular formula is C14H24N2O. The Morgan fingerprint density at radius 2 is 1.82 bits per heavy atom. The lowest BCUT2D eigenvalue weighted by molar-refractivity contribution is 0.141. The number of aliphatic hydroxyl groups excluding tert-OH is 1. The average Bonchev–Trinajstić information content (AvgIpc) is 2.29. The molecule has 0 saturated heterocycles. The van der Waals surface area contributed by atoms with Crippen LogP contribution in [0, 0.1) is 5.92 Å². The fraction of sp³-hybridized carbons (Fsp3) is 0.571. The van der Waals surface area contributed by atoms with Crippen LogP contribution >= 0.6 is 0 Å². The van der Waals surface area contributed by atoms with Gasteiger partial charge in [-0.25, -0.2) is 0 Å². The molecule has 4 N–H and O–H groups in total. The van der Waals surface area contributed by atoms with Crippen LogP contribution in [-0.4, -0.2) is 30.3 Å². The van der Waals surface area contributed by atoms with E-state index < -0.39 is 6.10 Å². The first-order valence-electron chi connectivity index (χ1n) is 6.28. The van der Waals surface area contributed by atoms with Gasteiger partial charge >= 0.3 is 0 Å². The molecule has 0 aliphatic carbocycles. The van der Waals surface area contributed by atoms with Crippen LogP contribution in [0.25, 0.3) is 0 Å². The zero-order valence-electron chi connectivity index (χ0n) is 10.8. The molecule has 17 heavy (non-hydrogen) atoms. The Hall–Kier alpha value is -0.900. The summed E-state index contributed by atoms with van der Waals surface area (Å²) in [4.78, 5) is 0. The average molecular weight is 236 g/mol. The fourth-order valence-corrected chi connectivity index (χ4v) is 1.69. The smallest absolute Gasteiger partial charge is 0.0818 e. The third-order valence-corrected chi connectivity index (χ3v) is 2.71. The first-order chi connectivity index (χ1) is 8.09. The van der Waals surface area contributed by atoms with Crippen LogP contribution in [0.15, 0.2) is 30.3 Å². The molecule has 0 radical (unpaired) electrons. The van der Waals surface area contributed by atoms with Gasteiger partial charge in [0.25, 0.3) is 0 Å². The van der Waals surface area contributed by atoms with Crippen molar-refractivity contribution in [1.82, 2.24) is 5.32 Å². The predicted octanol–water partition coefficient (Wildman–Crippen LogP) is 1.16. The topological polar surface area (TPSA) is 58.3 Å². The van der Waals surface area contributed by atoms with Crippen molar-refractivity contribution in [2.45, 2.75) is 32.4 Å². The van der Waals surface area contributed by atoms with Crippen LogP contribution < -0.4 is 11.1 Å². The zero-order chi connectivity index (χ0) is 12.7. The van der Waals surface area contributed by atoms with Gasteiger partial charge in [-0.05, 0) is 24.4 Å². The Bertz CT molecular complexity index is 300. The summed E-state index contributed by atoms with van der Waals surface area (Å²) in [6.07, 6.45) is 0.222. The van der Waals surface area contributed by atoms with E-state index in [2.05, 4.69) is 19.2 Å². The van der Waals surface area contributed by atoms with Gasteiger partial charge in [-0.1, -0.05) is 44.2 Å². The highest BCUT2D eigenvalue weighted by atomic mass is 16.3. The number of hydrogen-bond acceptors (Lipinski definition) is 3. The van der Waals surface area contributed by atoms with Gasteiger partial charge in [0.1, 0.15) is 0 Å². The van der Waals surface area contributed by atoms with E-state index in [1.54, 1.807) is 0 Å². The second-order valence-electron chi connectivity index (χ2n) is 4.97. The summed E-state index contributed by atoms with van der Waals surface area (Å²) < 4.78 is 0. The lowest BCUT2D eigenvalue weighted by Crippen LogP contribution is -2.43. The highest BCUT2D eigenvalue weighted by Gasteiger charge is 2.14. The van der Waals surface area contributed by atoms with E-state index >= 15 is 0 Å². The Morgan fingerprint density at radius 1 is 1.18 bits per heavy atom. The number of aliphatic hydroxyl groups is 1. The summed E-state index contributed by atoms with van der Waals surface area (Å²) in [6.45, 7) is 5.76. The standard InChI is InChI=1S/C14H24N2O/c1-11(2)9-16-10-14(17)13(15)8-12-6-4-3-5-7-12/h3-7,11,13-14,16-17H,8-10,15H2,1-2H3. The van der Waals surface area contributed by atoms with E-state index in [0.717, 1.165) is 6.54 Å². The zero-order valence-corrected chi connectivity index (χ0v) is 10.8. The molecule has 3 heteroatoms. The van der Waals surface area contributed by atoms with Crippen LogP contribution in [0.1, 0.15) is 19.4 Å². The summed E-state index contributed by atoms with van der Waals surface area (Å²) >= 11 is 0. The number of hydrogen-bond donors (Lipinski definition) is 3. The molecular weight excluding hydrogens is 212 g/mol. The minimum Gasteiger partial charge on any atom is -0.390 e. The van der Waals surface area contributed by atoms with E-state index in [1.165, 1.54) is 5.56 Å². The summed E-state index contributed by atoms with van der Waals surface area (Å²) in [5, 5.41) is 13.1. The first-order valence-corrected chi connectivity index (χ1v) is 6.28. The summed E-state index contributed by atoms with van der Waals surface area (Å²) in [5.41, 5.74) is 7.15. The molecule has 1 rings (SSSR count). The molecule has 0 bridgehead atoms. The highest BCUT2D eigenvalue weighted by molar-refractivity contribution is 5.16. The van der Waals surface area contributed by atoms with Gasteiger partial charge in [0, 0.05) is 12.6 Å². The summed E-state index contributed by atoms with van der Waals surface area (Å²) in [6, 6.07) is 9.83. The van der Waals surface area contributed by atoms with Crippen molar-refractivity contribution in [3.63, 3.8) is 0 Å². The fourth-order valence-electron chi connectivity index (χ4n) is 1.69. The minimum atomic E-state index is -0.492. The lowest BCUT2D eigenvalue weighted by atomic mass is 10.0. The molecule has 0 heterocycles. The Balaban J connectivity index is 2.29. The van der Waals surface area contributed by atoms with Gasteiger partial charge in [0.2, 0.25) is 0 Å². The van der Waals surface area contributed by atoms with Gasteiger partial charge in [-0.2, -0.15) is 0 Å². The van der Waals surface area contributed by atoms with E-state index in [-0.39, 0.29) is 6.04 Å². The van der Waals surface area contributed by atoms with E-state index in [0.29, 0.717) is 18.9 Å². The SMILES string of the molecule is CC(C)CNCC(O)C(N)Cc1ccccc1. The van der Waals surface area contributed by atoms with Gasteiger partial charge < -0.3 is 16.2 Å². The van der Waals surface area contributed by atoms with Crippen molar-refractivity contribution in [2.75, 3.05) is 13.1 Å². The normalized spacial score (nSPS) is 14.9. The molecule has 0 amide bonds. The summed E-state index contributed by atoms with van der Waals surface area (Å²) in [5.74, 6) is 0.590. The molecule has 1 aromatic rings. The van der Waals surface area contributed by atoms with Crippen molar-refractivity contribution in [1.29, 1.82) is 0 Å². The van der Waals surface area contributed by atoms with Crippen LogP contribution in [-0.2, 0) is 6.42 Å². The van der Waals surface area contributed by atoms with Crippen molar-refractivity contribution >= 4 is 0 Å². The van der Waals surface area contributed by atoms with Crippen LogP contribution in [0.2, 0.25) is 0 Å². The van der Waals surface area contributed by atoms with Gasteiger partial charge in [0.15, 0.2) is 0 Å². The second-order valence-corrected chi connectivity index (χ2v) is 4.97. The van der Waals surface area contributed by atoms with Crippen molar-refractivity contribution in [3.05, 3.63) is 35.9 Å². The molecule has 3 nitrogen and oxygen atoms in total. The third-order valence-electron chi connectivity index (χ3n) is 2.71. The van der Waals surface area contributed by atoms with Gasteiger partial charge in [-0.15, -0.1) is 0 Å². The molecule has 2 atom stereocenters. The Morgan fingerprint density at radius 3 is 2.41 bits per heavy atom. The molecule has 96 valence electrons. The largest absolute Gasteiger partial charge is 0.390 e. The van der Waals surface area contributed by atoms with Crippen molar-refractivity contribution in [3.8, 4) is 0 Å². The molecule has 0 aromatic heterocycles. The van der Waals surface area contributed by atoms with Gasteiger partial charge in [0.05, 0.1) is 6.10 Å². The second kappa shape index (κ2) is 7.43. The summed E-state index contributed by atoms with van der Waals surface area (Å²) in [7, 11) is 0. The van der Waals surface area contributed by atoms with Crippen LogP contribution in [0.5, 0.6) is 0 Å². The molecule has 0 saturated carbocycles. The van der Waals surface area contributed by atoms with Crippen molar-refractivity contribution < 1.29 is 5.11 Å². The Kier molecular flexibility index (Phi) is 6.19. The number of benzene rings is 1. The first kappa shape index (κ1) is 14.2. The molecule has 1 aromatic carbocycles. The number of rotatable bonds is 7. The maximum absolute atomic E-state index is 9.90. The van der Waals surface area contributed by atoms with E-state index in [4.69, 9.17) is 5.73 Å². The van der Waals surface area contributed by atoms with E-state index in [1.807, 2.05) is 30.3 Å². The molecule has 0 aliphatic heterocycles. The number of nitrogens with two attached hydrogens (primary N) is 1. The highest BCUT2D eigenvalue weighted by Crippen LogP contribution is 2.04. The molecule has 0 fully saturated rings. The van der Waals surface area contributed by atoms with Crippen LogP contribution in [0.4, 0.5) is 0 Å². The lowest BCUT2D eigenvalue weighted by Gasteiger charge is -2.20. The monoisotopic (exact) mass is 236 g/mol.